The molecule has 0 aliphatic heterocycles. The van der Waals surface area contributed by atoms with Gasteiger partial charge in [-0.2, -0.15) is 5.26 Å². The van der Waals surface area contributed by atoms with E-state index in [1.807, 2.05) is 15.8 Å². The number of thiazole rings is 1. The molecule has 1 aromatic carbocycles. The zero-order chi connectivity index (χ0) is 14.7. The van der Waals surface area contributed by atoms with Crippen LogP contribution in [0, 0.1) is 11.3 Å². The van der Waals surface area contributed by atoms with E-state index in [4.69, 9.17) is 5.26 Å². The van der Waals surface area contributed by atoms with E-state index in [2.05, 4.69) is 15.5 Å². The average Bonchev–Trinajstić information content (AvgIpc) is 3.12. The van der Waals surface area contributed by atoms with Crippen molar-refractivity contribution in [2.45, 2.75) is 6.42 Å². The van der Waals surface area contributed by atoms with E-state index in [1.54, 1.807) is 30.6 Å². The summed E-state index contributed by atoms with van der Waals surface area (Å²) in [5.74, 6) is -0.178. The first-order valence-electron chi connectivity index (χ1n) is 6.32. The fraction of sp³-hybridized carbons (Fsp3) is 0.143. The van der Waals surface area contributed by atoms with E-state index >= 15 is 0 Å². The van der Waals surface area contributed by atoms with Gasteiger partial charge in [0.15, 0.2) is 0 Å². The average molecular weight is 297 g/mol. The Labute approximate surface area is 124 Å². The predicted molar refractivity (Wildman–Crippen MR) is 78.1 cm³/mol. The second-order valence-electron chi connectivity index (χ2n) is 4.41. The number of benzene rings is 1. The van der Waals surface area contributed by atoms with Crippen LogP contribution < -0.4 is 5.32 Å². The number of nitrogens with zero attached hydrogens (tertiary/aromatic N) is 4. The molecule has 0 saturated carbocycles. The number of nitrogens with one attached hydrogen (secondary N) is 1. The number of hydrogen-bond donors (Lipinski definition) is 1. The Morgan fingerprint density at radius 1 is 1.48 bits per heavy atom. The quantitative estimate of drug-likeness (QED) is 0.793. The van der Waals surface area contributed by atoms with Gasteiger partial charge in [-0.1, -0.05) is 6.07 Å². The highest BCUT2D eigenvalue weighted by Gasteiger charge is 2.08. The van der Waals surface area contributed by atoms with Crippen LogP contribution in [0.2, 0.25) is 0 Å². The van der Waals surface area contributed by atoms with Gasteiger partial charge in [-0.25, -0.2) is 0 Å². The molecule has 2 heterocycles. The fourth-order valence-electron chi connectivity index (χ4n) is 1.99. The third-order valence-corrected chi connectivity index (χ3v) is 3.93. The van der Waals surface area contributed by atoms with Crippen molar-refractivity contribution in [3.05, 3.63) is 52.8 Å². The maximum Gasteiger partial charge on any atom is 0.251 e. The Morgan fingerprint density at radius 3 is 3.24 bits per heavy atom. The smallest absolute Gasteiger partial charge is 0.251 e. The molecular weight excluding hydrogens is 286 g/mol. The highest BCUT2D eigenvalue weighted by molar-refractivity contribution is 7.15. The molecule has 0 atom stereocenters. The summed E-state index contributed by atoms with van der Waals surface area (Å²) in [6.45, 7) is 0.514. The minimum Gasteiger partial charge on any atom is -0.352 e. The highest BCUT2D eigenvalue weighted by atomic mass is 32.1. The van der Waals surface area contributed by atoms with Crippen LogP contribution in [0.15, 0.2) is 36.0 Å². The van der Waals surface area contributed by atoms with Crippen LogP contribution in [0.4, 0.5) is 0 Å². The van der Waals surface area contributed by atoms with E-state index < -0.39 is 0 Å². The third-order valence-electron chi connectivity index (χ3n) is 3.05. The zero-order valence-corrected chi connectivity index (χ0v) is 11.8. The Balaban J connectivity index is 1.61. The van der Waals surface area contributed by atoms with Crippen LogP contribution in [-0.2, 0) is 6.42 Å². The standard InChI is InChI=1S/C14H11N5OS/c15-7-10-2-1-3-11(6-10)13(20)16-5-4-12-8-21-14-18-17-9-19(12)14/h1-3,6,8-9H,4-5H2,(H,16,20). The van der Waals surface area contributed by atoms with Crippen molar-refractivity contribution in [1.29, 1.82) is 5.26 Å². The van der Waals surface area contributed by atoms with Gasteiger partial charge < -0.3 is 5.32 Å². The second-order valence-corrected chi connectivity index (χ2v) is 5.25. The van der Waals surface area contributed by atoms with E-state index in [-0.39, 0.29) is 5.91 Å². The number of carbonyl (C=O) groups excluding carboxylic acids is 1. The molecule has 2 aromatic heterocycles. The zero-order valence-electron chi connectivity index (χ0n) is 11.0. The molecule has 0 saturated heterocycles. The highest BCUT2D eigenvalue weighted by Crippen LogP contribution is 2.13. The fourth-order valence-corrected chi connectivity index (χ4v) is 2.84. The molecule has 0 unspecified atom stereocenters. The lowest BCUT2D eigenvalue weighted by Gasteiger charge is -2.05. The lowest BCUT2D eigenvalue weighted by molar-refractivity contribution is 0.0954. The summed E-state index contributed by atoms with van der Waals surface area (Å²) >= 11 is 1.52. The predicted octanol–water partition coefficient (Wildman–Crippen LogP) is 1.63. The second kappa shape index (κ2) is 5.73. The monoisotopic (exact) mass is 297 g/mol. The molecule has 21 heavy (non-hydrogen) atoms. The van der Waals surface area contributed by atoms with Gasteiger partial charge in [0, 0.05) is 29.6 Å². The van der Waals surface area contributed by atoms with Crippen molar-refractivity contribution in [2.24, 2.45) is 0 Å². The van der Waals surface area contributed by atoms with Crippen molar-refractivity contribution in [3.63, 3.8) is 0 Å². The molecule has 0 bridgehead atoms. The first kappa shape index (κ1) is 13.3. The molecule has 3 rings (SSSR count). The van der Waals surface area contributed by atoms with E-state index in [0.717, 1.165) is 10.7 Å². The number of nitriles is 1. The van der Waals surface area contributed by atoms with Crippen LogP contribution in [0.3, 0.4) is 0 Å². The molecule has 3 aromatic rings. The van der Waals surface area contributed by atoms with Crippen molar-refractivity contribution in [1.82, 2.24) is 19.9 Å². The summed E-state index contributed by atoms with van der Waals surface area (Å²) in [6.07, 6.45) is 2.36. The lowest BCUT2D eigenvalue weighted by atomic mass is 10.1. The molecule has 0 radical (unpaired) electrons. The van der Waals surface area contributed by atoms with Gasteiger partial charge in [-0.3, -0.25) is 9.20 Å². The lowest BCUT2D eigenvalue weighted by Crippen LogP contribution is -2.26. The van der Waals surface area contributed by atoms with Gasteiger partial charge in [0.25, 0.3) is 5.91 Å². The van der Waals surface area contributed by atoms with Crippen molar-refractivity contribution < 1.29 is 4.79 Å². The van der Waals surface area contributed by atoms with E-state index in [1.165, 1.54) is 11.3 Å². The van der Waals surface area contributed by atoms with Crippen molar-refractivity contribution in [3.8, 4) is 6.07 Å². The third kappa shape index (κ3) is 2.75. The largest absolute Gasteiger partial charge is 0.352 e. The first-order chi connectivity index (χ1) is 10.3. The van der Waals surface area contributed by atoms with Gasteiger partial charge >= 0.3 is 0 Å². The normalized spacial score (nSPS) is 10.4. The van der Waals surface area contributed by atoms with Crippen molar-refractivity contribution in [2.75, 3.05) is 6.54 Å². The maximum absolute atomic E-state index is 12.0. The number of aromatic nitrogens is 3. The summed E-state index contributed by atoms with van der Waals surface area (Å²) in [7, 11) is 0. The summed E-state index contributed by atoms with van der Waals surface area (Å²) in [5, 5.41) is 21.5. The Morgan fingerprint density at radius 2 is 2.38 bits per heavy atom. The maximum atomic E-state index is 12.0. The van der Waals surface area contributed by atoms with E-state index in [9.17, 15) is 4.79 Å². The molecule has 104 valence electrons. The topological polar surface area (TPSA) is 83.1 Å². The Bertz CT molecular complexity index is 829. The van der Waals surface area contributed by atoms with Gasteiger partial charge in [0.05, 0.1) is 11.6 Å². The van der Waals surface area contributed by atoms with Crippen LogP contribution in [0.25, 0.3) is 4.96 Å². The van der Waals surface area contributed by atoms with Crippen LogP contribution >= 0.6 is 11.3 Å². The van der Waals surface area contributed by atoms with Crippen LogP contribution in [0.1, 0.15) is 21.6 Å². The Hall–Kier alpha value is -2.72. The first-order valence-corrected chi connectivity index (χ1v) is 7.20. The number of fused-ring (bicyclic) bond motifs is 1. The molecule has 0 aliphatic rings. The molecule has 6 nitrogen and oxygen atoms in total. The molecular formula is C14H11N5OS. The number of carbonyl (C=O) groups is 1. The minimum absolute atomic E-state index is 0.178. The molecule has 0 spiro atoms. The molecule has 7 heteroatoms. The minimum atomic E-state index is -0.178. The summed E-state index contributed by atoms with van der Waals surface area (Å²) in [5.41, 5.74) is 2.03. The summed E-state index contributed by atoms with van der Waals surface area (Å²) in [6, 6.07) is 8.67. The SMILES string of the molecule is N#Cc1cccc(C(=O)NCCc2csc3nncn23)c1. The molecule has 0 aliphatic carbocycles. The van der Waals surface area contributed by atoms with Gasteiger partial charge in [-0.05, 0) is 18.2 Å². The molecule has 1 amide bonds. The van der Waals surface area contributed by atoms with Crippen molar-refractivity contribution >= 4 is 22.2 Å². The number of rotatable bonds is 4. The molecule has 0 fully saturated rings. The van der Waals surface area contributed by atoms with Gasteiger partial charge in [0.1, 0.15) is 6.33 Å². The van der Waals surface area contributed by atoms with Crippen LogP contribution in [-0.4, -0.2) is 27.0 Å². The Kier molecular flexibility index (Phi) is 3.62. The number of amides is 1. The van der Waals surface area contributed by atoms with E-state index in [0.29, 0.717) is 24.1 Å². The molecule has 1 N–H and O–H groups in total. The van der Waals surface area contributed by atoms with Gasteiger partial charge in [-0.15, -0.1) is 21.5 Å². The summed E-state index contributed by atoms with van der Waals surface area (Å²) < 4.78 is 1.91. The van der Waals surface area contributed by atoms with Gasteiger partial charge in [0.2, 0.25) is 4.96 Å². The van der Waals surface area contributed by atoms with Crippen LogP contribution in [0.5, 0.6) is 0 Å². The number of hydrogen-bond acceptors (Lipinski definition) is 5. The summed E-state index contributed by atoms with van der Waals surface area (Å²) in [4.78, 5) is 12.9.